The highest BCUT2D eigenvalue weighted by Crippen LogP contribution is 2.17. The van der Waals surface area contributed by atoms with Gasteiger partial charge in [0.2, 0.25) is 0 Å². The van der Waals surface area contributed by atoms with Gasteiger partial charge in [-0.25, -0.2) is 4.79 Å². The number of nitrogens with zero attached hydrogens (tertiary/aromatic N) is 1. The molecule has 9 nitrogen and oxygen atoms in total. The summed E-state index contributed by atoms with van der Waals surface area (Å²) in [5.41, 5.74) is 0. The topological polar surface area (TPSA) is 108 Å². The number of carboxylic acids is 1. The number of hydrogen-bond acceptors (Lipinski definition) is 7. The monoisotopic (exact) mass is 1340 g/mol. The van der Waals surface area contributed by atoms with Gasteiger partial charge in [0.1, 0.15) is 13.2 Å². The highest BCUT2D eigenvalue weighted by Gasteiger charge is 2.25. The third-order valence-electron chi connectivity index (χ3n) is 15.8. The van der Waals surface area contributed by atoms with Crippen molar-refractivity contribution in [2.24, 2.45) is 0 Å². The molecule has 0 aliphatic rings. The molecule has 0 aliphatic carbocycles. The lowest BCUT2D eigenvalue weighted by molar-refractivity contribution is -0.870. The van der Waals surface area contributed by atoms with Crippen LogP contribution in [0.2, 0.25) is 0 Å². The molecule has 2 unspecified atom stereocenters. The number of carbonyl (C=O) groups excluding carboxylic acids is 2. The number of aliphatic carboxylic acids is 1. The third kappa shape index (κ3) is 77.4. The number of unbranched alkanes of at least 4 members (excludes halogenated alkanes) is 22. The maximum atomic E-state index is 13.0. The molecule has 9 heteroatoms. The van der Waals surface area contributed by atoms with Crippen LogP contribution in [0.5, 0.6) is 0 Å². The fourth-order valence-corrected chi connectivity index (χ4v) is 10.0. The van der Waals surface area contributed by atoms with Crippen LogP contribution >= 0.6 is 0 Å². The van der Waals surface area contributed by atoms with Gasteiger partial charge in [0.25, 0.3) is 6.29 Å². The van der Waals surface area contributed by atoms with Gasteiger partial charge in [0.15, 0.2) is 6.10 Å². The average Bonchev–Trinajstić information content (AvgIpc) is 2.59. The molecule has 0 fully saturated rings. The summed E-state index contributed by atoms with van der Waals surface area (Å²) in [6, 6.07) is 0. The summed E-state index contributed by atoms with van der Waals surface area (Å²) >= 11 is 0. The summed E-state index contributed by atoms with van der Waals surface area (Å²) in [7, 11) is 5.96. The van der Waals surface area contributed by atoms with Crippen LogP contribution in [0.25, 0.3) is 0 Å². The van der Waals surface area contributed by atoms with Gasteiger partial charge in [-0.2, -0.15) is 0 Å². The molecule has 0 heterocycles. The average molecular weight is 1340 g/mol. The summed E-state index contributed by atoms with van der Waals surface area (Å²) in [5, 5.41) is 9.77. The molecule has 0 saturated carbocycles. The van der Waals surface area contributed by atoms with Crippen LogP contribution in [0, 0.1) is 0 Å². The first kappa shape index (κ1) is 91.1. The Kier molecular flexibility index (Phi) is 71.3. The number of carbonyl (C=O) groups is 3. The lowest BCUT2D eigenvalue weighted by atomic mass is 10.0. The van der Waals surface area contributed by atoms with Crippen LogP contribution in [0.1, 0.15) is 284 Å². The molecule has 0 bridgehead atoms. The van der Waals surface area contributed by atoms with Crippen molar-refractivity contribution in [2.75, 3.05) is 47.5 Å². The van der Waals surface area contributed by atoms with E-state index in [0.29, 0.717) is 17.4 Å². The first-order valence-corrected chi connectivity index (χ1v) is 38.6. The van der Waals surface area contributed by atoms with Crippen LogP contribution in [-0.2, 0) is 33.3 Å². The van der Waals surface area contributed by atoms with Gasteiger partial charge in [-0.3, -0.25) is 9.59 Å². The van der Waals surface area contributed by atoms with Gasteiger partial charge in [-0.1, -0.05) is 324 Å². The number of likely N-dealkylation sites (N-methyl/N-ethyl adjacent to an activating group) is 1. The third-order valence-corrected chi connectivity index (χ3v) is 15.8. The second-order valence-electron chi connectivity index (χ2n) is 26.2. The predicted octanol–water partition coefficient (Wildman–Crippen LogP) is 24.9. The van der Waals surface area contributed by atoms with E-state index >= 15 is 0 Å². The summed E-state index contributed by atoms with van der Waals surface area (Å²) in [4.78, 5) is 37.7. The van der Waals surface area contributed by atoms with Gasteiger partial charge in [-0.15, -0.1) is 0 Å². The van der Waals surface area contributed by atoms with Crippen molar-refractivity contribution in [1.82, 2.24) is 0 Å². The molecule has 0 aliphatic heterocycles. The van der Waals surface area contributed by atoms with Crippen molar-refractivity contribution < 1.29 is 42.9 Å². The molecule has 0 amide bonds. The lowest BCUT2D eigenvalue weighted by Crippen LogP contribution is -2.40. The van der Waals surface area contributed by atoms with Crippen molar-refractivity contribution in [3.05, 3.63) is 194 Å². The number of allylic oxidation sites excluding steroid dienone is 32. The van der Waals surface area contributed by atoms with E-state index in [1.807, 2.05) is 21.1 Å². The van der Waals surface area contributed by atoms with Crippen LogP contribution in [-0.4, -0.2) is 87.4 Å². The van der Waals surface area contributed by atoms with Crippen molar-refractivity contribution in [2.45, 2.75) is 296 Å². The molecule has 2 atom stereocenters. The maximum Gasteiger partial charge on any atom is 0.361 e. The molecule has 1 N–H and O–H groups in total. The van der Waals surface area contributed by atoms with E-state index in [9.17, 15) is 19.5 Å². The van der Waals surface area contributed by atoms with E-state index in [-0.39, 0.29) is 38.6 Å². The fraction of sp³-hybridized carbons (Fsp3) is 0.602. The maximum absolute atomic E-state index is 13.0. The van der Waals surface area contributed by atoms with Crippen molar-refractivity contribution >= 4 is 17.9 Å². The zero-order valence-electron chi connectivity index (χ0n) is 62.4. The largest absolute Gasteiger partial charge is 0.477 e. The number of rotatable bonds is 69. The molecule has 546 valence electrons. The minimum Gasteiger partial charge on any atom is -0.477 e. The van der Waals surface area contributed by atoms with Gasteiger partial charge in [0.05, 0.1) is 34.4 Å². The number of hydrogen-bond donors (Lipinski definition) is 1. The van der Waals surface area contributed by atoms with Gasteiger partial charge >= 0.3 is 17.9 Å². The number of esters is 2. The van der Waals surface area contributed by atoms with Gasteiger partial charge < -0.3 is 28.5 Å². The SMILES string of the molecule is CC/C=C\C/C=C\C/C=C\C/C=C\C/C=C\C/C=C\C/C=C\C/C=C\C/C=C\CCCCCCCC(=O)OC(COC(=O)CCCCCCCCCCCCCCCCCCC/C=C\C/C=C\C/C=C\C/C=C\C/C=C\C/C=C\C/C=C\CC)COC(OCC[N+](C)(C)C)C(=O)O. The first-order chi connectivity index (χ1) is 47.6. The van der Waals surface area contributed by atoms with E-state index in [1.165, 1.54) is 96.3 Å². The van der Waals surface area contributed by atoms with Gasteiger partial charge in [-0.05, 0) is 141 Å². The number of ether oxygens (including phenoxy) is 4. The van der Waals surface area contributed by atoms with E-state index in [0.717, 1.165) is 154 Å². The normalized spacial score (nSPS) is 13.8. The van der Waals surface area contributed by atoms with E-state index in [4.69, 9.17) is 18.9 Å². The standard InChI is InChI=1S/C88H141NO8/c1-6-8-10-12-14-16-18-20-22-24-26-28-30-32-34-36-38-40-41-42-43-44-45-47-48-50-52-54-56-58-60-62-64-66-68-70-72-74-76-78-85(90)95-82-84(83-96-88(87(92)93)94-81-80-89(3,4)5)97-86(91)79-77-75-73-71-69-67-65-63-61-59-57-55-53-51-49-46-39-37-35-33-31-29-27-25-23-21-19-17-15-13-11-9-7-2/h8-11,14-17,20-23,26-29,32-35,38-40,42-43,46,51,53,57,59,63,65,84,88H,6-7,12-13,18-19,24-25,30-31,36-37,41,44-45,47-50,52,54-56,58,60-62,64,66-83H2,1-5H3/p+1/b10-8-,11-9-,16-14-,17-15-,22-20-,23-21-,28-26-,29-27-,34-32-,35-33-,40-38-,43-42-,46-39-,53-51-,59-57-,65-63-. The Morgan fingerprint density at radius 3 is 0.825 bits per heavy atom. The Hall–Kier alpha value is -5.87. The summed E-state index contributed by atoms with van der Waals surface area (Å²) in [6.45, 7) is 4.62. The quantitative estimate of drug-likeness (QED) is 0.0211. The summed E-state index contributed by atoms with van der Waals surface area (Å²) in [5.74, 6) is -2.04. The number of carboxylic acid groups (broad SMARTS) is 1. The Labute approximate surface area is 595 Å². The predicted molar refractivity (Wildman–Crippen MR) is 419 cm³/mol. The zero-order chi connectivity index (χ0) is 70.4. The highest BCUT2D eigenvalue weighted by molar-refractivity contribution is 5.71. The Balaban J connectivity index is 4.14. The molecule has 0 radical (unpaired) electrons. The molecular formula is C88H142NO8+. The van der Waals surface area contributed by atoms with Crippen LogP contribution in [0.4, 0.5) is 0 Å². The second kappa shape index (κ2) is 75.9. The second-order valence-corrected chi connectivity index (χ2v) is 26.2. The van der Waals surface area contributed by atoms with E-state index in [2.05, 4.69) is 208 Å². The minimum atomic E-state index is -1.53. The zero-order valence-corrected chi connectivity index (χ0v) is 62.4. The van der Waals surface area contributed by atoms with Crippen molar-refractivity contribution in [3.8, 4) is 0 Å². The number of quaternary nitrogens is 1. The minimum absolute atomic E-state index is 0.175. The smallest absolute Gasteiger partial charge is 0.361 e. The molecule has 0 aromatic carbocycles. The molecule has 0 spiro atoms. The van der Waals surface area contributed by atoms with Crippen molar-refractivity contribution in [1.29, 1.82) is 0 Å². The molecule has 0 aromatic heterocycles. The Morgan fingerprint density at radius 2 is 0.557 bits per heavy atom. The van der Waals surface area contributed by atoms with E-state index in [1.54, 1.807) is 0 Å². The summed E-state index contributed by atoms with van der Waals surface area (Å²) < 4.78 is 23.0. The van der Waals surface area contributed by atoms with Gasteiger partial charge in [0, 0.05) is 12.8 Å². The highest BCUT2D eigenvalue weighted by atomic mass is 16.7. The molecule has 0 rings (SSSR count). The molecule has 97 heavy (non-hydrogen) atoms. The van der Waals surface area contributed by atoms with Crippen LogP contribution < -0.4 is 0 Å². The van der Waals surface area contributed by atoms with Crippen LogP contribution in [0.15, 0.2) is 194 Å². The molecular weight excluding hydrogens is 1200 g/mol. The Bertz CT molecular complexity index is 2310. The Morgan fingerprint density at radius 1 is 0.309 bits per heavy atom. The van der Waals surface area contributed by atoms with E-state index < -0.39 is 24.3 Å². The lowest BCUT2D eigenvalue weighted by Gasteiger charge is -2.25. The van der Waals surface area contributed by atoms with Crippen molar-refractivity contribution in [3.63, 3.8) is 0 Å². The fourth-order valence-electron chi connectivity index (χ4n) is 10.0. The molecule has 0 aromatic rings. The van der Waals surface area contributed by atoms with Crippen LogP contribution in [0.3, 0.4) is 0 Å². The first-order valence-electron chi connectivity index (χ1n) is 38.6. The summed E-state index contributed by atoms with van der Waals surface area (Å²) in [6.07, 6.45) is 114. The molecule has 0 saturated heterocycles.